The van der Waals surface area contributed by atoms with Gasteiger partial charge in [0.2, 0.25) is 0 Å². The van der Waals surface area contributed by atoms with E-state index in [4.69, 9.17) is 14.8 Å². The van der Waals surface area contributed by atoms with Crippen molar-refractivity contribution in [1.29, 1.82) is 5.41 Å². The van der Waals surface area contributed by atoms with Crippen molar-refractivity contribution in [2.75, 3.05) is 0 Å². The predicted octanol–water partition coefficient (Wildman–Crippen LogP) is 13.6. The number of nitrogens with one attached hydrogen (secondary N) is 1. The van der Waals surface area contributed by atoms with Gasteiger partial charge in [-0.05, 0) is 77.4 Å². The number of fused-ring (bicyclic) bond motifs is 9. The van der Waals surface area contributed by atoms with Crippen LogP contribution in [0.1, 0.15) is 16.7 Å². The van der Waals surface area contributed by atoms with E-state index < -0.39 is 0 Å². The van der Waals surface area contributed by atoms with E-state index in [0.717, 1.165) is 55.4 Å². The van der Waals surface area contributed by atoms with Gasteiger partial charge in [-0.3, -0.25) is 5.41 Å². The summed E-state index contributed by atoms with van der Waals surface area (Å²) in [5.74, 6) is 0.582. The number of para-hydroxylation sites is 2. The summed E-state index contributed by atoms with van der Waals surface area (Å²) in [6.07, 6.45) is 1.78. The Morgan fingerprint density at radius 2 is 1.14 bits per heavy atom. The van der Waals surface area contributed by atoms with E-state index in [1.165, 1.54) is 42.0 Å². The summed E-state index contributed by atoms with van der Waals surface area (Å²) in [4.78, 5) is 9.46. The highest BCUT2D eigenvalue weighted by Gasteiger charge is 2.16. The normalized spacial score (nSPS) is 12.3. The Bertz CT molecular complexity index is 3370. The van der Waals surface area contributed by atoms with E-state index in [1.54, 1.807) is 6.21 Å². The number of amidine groups is 2. The molecule has 6 heteroatoms. The molecule has 0 atom stereocenters. The van der Waals surface area contributed by atoms with Gasteiger partial charge in [0, 0.05) is 64.7 Å². The van der Waals surface area contributed by atoms with E-state index in [-0.39, 0.29) is 5.84 Å². The summed E-state index contributed by atoms with van der Waals surface area (Å²) >= 11 is 1.83. The fourth-order valence-electron chi connectivity index (χ4n) is 7.99. The first kappa shape index (κ1) is 33.0. The molecule has 57 heavy (non-hydrogen) atoms. The molecular formula is C51H32N4OS. The Morgan fingerprint density at radius 1 is 0.509 bits per heavy atom. The summed E-state index contributed by atoms with van der Waals surface area (Å²) in [6, 6.07) is 62.9. The van der Waals surface area contributed by atoms with Gasteiger partial charge < -0.3 is 8.98 Å². The van der Waals surface area contributed by atoms with Gasteiger partial charge in [0.15, 0.2) is 11.7 Å². The van der Waals surface area contributed by atoms with Crippen molar-refractivity contribution >= 4 is 93.1 Å². The molecule has 0 bridgehead atoms. The molecule has 3 aromatic heterocycles. The molecule has 0 aliphatic heterocycles. The molecule has 0 unspecified atom stereocenters. The lowest BCUT2D eigenvalue weighted by atomic mass is 10.0. The smallest absolute Gasteiger partial charge is 0.161 e. The molecule has 11 rings (SSSR count). The molecule has 0 aliphatic carbocycles. The van der Waals surface area contributed by atoms with Gasteiger partial charge in [0.25, 0.3) is 0 Å². The standard InChI is InChI=1S/C51H32N4OS/c52-50(33-13-5-2-6-14-33)54-51(53-31-32-11-3-1-4-12-32)36-21-24-41-40-23-19-34(27-46(40)56-47(41)28-36)35-20-25-42-43-30-37(22-26-48(43)57-49(42)29-35)55-44-17-9-7-15-38(44)39-16-8-10-18-45(39)55/h1-31,52H. The number of aromatic nitrogens is 1. The maximum Gasteiger partial charge on any atom is 0.161 e. The third-order valence-electron chi connectivity index (χ3n) is 10.8. The van der Waals surface area contributed by atoms with E-state index in [9.17, 15) is 0 Å². The number of thiophene rings is 1. The van der Waals surface area contributed by atoms with Crippen molar-refractivity contribution in [2.45, 2.75) is 0 Å². The Labute approximate surface area is 331 Å². The lowest BCUT2D eigenvalue weighted by molar-refractivity contribution is 0.669. The van der Waals surface area contributed by atoms with Crippen LogP contribution in [-0.2, 0) is 0 Å². The van der Waals surface area contributed by atoms with Gasteiger partial charge in [0.1, 0.15) is 11.2 Å². The quantitative estimate of drug-likeness (QED) is 0.138. The number of nitrogens with zero attached hydrogens (tertiary/aromatic N) is 3. The zero-order valence-corrected chi connectivity index (χ0v) is 31.4. The van der Waals surface area contributed by atoms with Crippen molar-refractivity contribution in [3.05, 3.63) is 199 Å². The number of rotatable bonds is 5. The fraction of sp³-hybridized carbons (Fsp3) is 0. The first-order chi connectivity index (χ1) is 28.1. The molecule has 0 saturated heterocycles. The van der Waals surface area contributed by atoms with Crippen LogP contribution in [0.25, 0.3) is 80.7 Å². The fourth-order valence-corrected chi connectivity index (χ4v) is 9.12. The van der Waals surface area contributed by atoms with Crippen LogP contribution >= 0.6 is 11.3 Å². The Kier molecular flexibility index (Phi) is 7.76. The third kappa shape index (κ3) is 5.74. The van der Waals surface area contributed by atoms with Crippen molar-refractivity contribution in [3.63, 3.8) is 0 Å². The highest BCUT2D eigenvalue weighted by molar-refractivity contribution is 7.25. The first-order valence-electron chi connectivity index (χ1n) is 18.9. The minimum absolute atomic E-state index is 0.143. The largest absolute Gasteiger partial charge is 0.456 e. The summed E-state index contributed by atoms with van der Waals surface area (Å²) < 4.78 is 11.4. The van der Waals surface area contributed by atoms with Crippen molar-refractivity contribution in [1.82, 2.24) is 4.57 Å². The monoisotopic (exact) mass is 748 g/mol. The Balaban J connectivity index is 0.954. The van der Waals surface area contributed by atoms with Crippen molar-refractivity contribution in [3.8, 4) is 16.8 Å². The van der Waals surface area contributed by atoms with Crippen LogP contribution in [-0.4, -0.2) is 22.5 Å². The topological polar surface area (TPSA) is 66.6 Å². The van der Waals surface area contributed by atoms with Crippen molar-refractivity contribution < 1.29 is 4.42 Å². The molecular weight excluding hydrogens is 717 g/mol. The average molecular weight is 749 g/mol. The van der Waals surface area contributed by atoms with Gasteiger partial charge in [-0.25, -0.2) is 9.98 Å². The van der Waals surface area contributed by atoms with Gasteiger partial charge in [-0.1, -0.05) is 121 Å². The maximum absolute atomic E-state index is 8.74. The molecule has 268 valence electrons. The second kappa shape index (κ2) is 13.4. The minimum atomic E-state index is 0.143. The van der Waals surface area contributed by atoms with E-state index in [0.29, 0.717) is 5.84 Å². The molecule has 0 saturated carbocycles. The zero-order valence-electron chi connectivity index (χ0n) is 30.6. The minimum Gasteiger partial charge on any atom is -0.456 e. The summed E-state index contributed by atoms with van der Waals surface area (Å²) in [7, 11) is 0. The van der Waals surface area contributed by atoms with Crippen LogP contribution in [0.15, 0.2) is 196 Å². The number of hydrogen-bond acceptors (Lipinski definition) is 3. The molecule has 3 heterocycles. The zero-order chi connectivity index (χ0) is 37.9. The second-order valence-electron chi connectivity index (χ2n) is 14.2. The Morgan fingerprint density at radius 3 is 1.89 bits per heavy atom. The number of furan rings is 1. The average Bonchev–Trinajstić information content (AvgIpc) is 3.94. The SMILES string of the molecule is N=C(N=C(N=Cc1ccccc1)c1ccc2c(c1)oc1cc(-c3ccc4c(c3)sc3ccc(-n5c6ccccc6c6ccccc65)cc34)ccc12)c1ccccc1. The lowest BCUT2D eigenvalue weighted by Crippen LogP contribution is -2.04. The molecule has 8 aromatic carbocycles. The van der Waals surface area contributed by atoms with E-state index in [2.05, 4.69) is 119 Å². The number of benzene rings is 8. The van der Waals surface area contributed by atoms with E-state index in [1.807, 2.05) is 84.1 Å². The molecule has 11 aromatic rings. The molecule has 1 N–H and O–H groups in total. The molecule has 0 fully saturated rings. The predicted molar refractivity (Wildman–Crippen MR) is 240 cm³/mol. The summed E-state index contributed by atoms with van der Waals surface area (Å²) in [6.45, 7) is 0. The Hall–Kier alpha value is -7.41. The number of aliphatic imine (C=N–C) groups is 2. The van der Waals surface area contributed by atoms with Crippen LogP contribution < -0.4 is 0 Å². The van der Waals surface area contributed by atoms with Gasteiger partial charge in [0.05, 0.1) is 11.0 Å². The first-order valence-corrected chi connectivity index (χ1v) is 19.7. The van der Waals surface area contributed by atoms with Crippen molar-refractivity contribution in [2.24, 2.45) is 9.98 Å². The van der Waals surface area contributed by atoms with Crippen LogP contribution in [0.2, 0.25) is 0 Å². The third-order valence-corrected chi connectivity index (χ3v) is 11.9. The molecule has 5 nitrogen and oxygen atoms in total. The summed E-state index contributed by atoms with van der Waals surface area (Å²) in [5, 5.41) is 15.9. The molecule has 0 radical (unpaired) electrons. The molecule has 0 spiro atoms. The second-order valence-corrected chi connectivity index (χ2v) is 15.3. The van der Waals surface area contributed by atoms with Gasteiger partial charge in [-0.2, -0.15) is 0 Å². The summed E-state index contributed by atoms with van der Waals surface area (Å²) in [5.41, 5.74) is 9.83. The van der Waals surface area contributed by atoms with E-state index >= 15 is 0 Å². The number of hydrogen-bond donors (Lipinski definition) is 1. The van der Waals surface area contributed by atoms with Crippen LogP contribution in [0, 0.1) is 5.41 Å². The van der Waals surface area contributed by atoms with Gasteiger partial charge >= 0.3 is 0 Å². The van der Waals surface area contributed by atoms with Gasteiger partial charge in [-0.15, -0.1) is 11.3 Å². The highest BCUT2D eigenvalue weighted by atomic mass is 32.1. The maximum atomic E-state index is 8.74. The lowest BCUT2D eigenvalue weighted by Gasteiger charge is -2.08. The molecule has 0 aliphatic rings. The van der Waals surface area contributed by atoms with Crippen LogP contribution in [0.4, 0.5) is 0 Å². The van der Waals surface area contributed by atoms with Crippen LogP contribution in [0.3, 0.4) is 0 Å². The molecule has 0 amide bonds. The highest BCUT2D eigenvalue weighted by Crippen LogP contribution is 2.40. The van der Waals surface area contributed by atoms with Crippen LogP contribution in [0.5, 0.6) is 0 Å².